The summed E-state index contributed by atoms with van der Waals surface area (Å²) in [6.45, 7) is 7.40. The first kappa shape index (κ1) is 25.6. The standard InChI is InChI=1S/C28H32N2O5S/c1-19-10-13-21(14-11-19)36(32,33)30(24-8-6-7-9-26(24)34-5)18-27(31)29-23-17-28(3,4)35-25-15-12-20(2)16-22(23)25/h6-16,23H,17-18H2,1-5H3,(H,29,31). The highest BCUT2D eigenvalue weighted by Gasteiger charge is 2.36. The van der Waals surface area contributed by atoms with Crippen molar-refractivity contribution in [3.63, 3.8) is 0 Å². The van der Waals surface area contributed by atoms with E-state index in [1.165, 1.54) is 7.11 Å². The Balaban J connectivity index is 1.69. The quantitative estimate of drug-likeness (QED) is 0.489. The molecule has 0 aliphatic carbocycles. The van der Waals surface area contributed by atoms with E-state index in [1.54, 1.807) is 48.5 Å². The molecule has 36 heavy (non-hydrogen) atoms. The zero-order chi connectivity index (χ0) is 26.1. The van der Waals surface area contributed by atoms with Crippen LogP contribution in [0, 0.1) is 13.8 Å². The van der Waals surface area contributed by atoms with Gasteiger partial charge >= 0.3 is 0 Å². The fourth-order valence-corrected chi connectivity index (χ4v) is 5.88. The Morgan fingerprint density at radius 2 is 1.72 bits per heavy atom. The Morgan fingerprint density at radius 3 is 2.42 bits per heavy atom. The molecule has 1 unspecified atom stereocenters. The highest BCUT2D eigenvalue weighted by molar-refractivity contribution is 7.92. The minimum Gasteiger partial charge on any atom is -0.495 e. The van der Waals surface area contributed by atoms with Gasteiger partial charge in [0.1, 0.15) is 23.6 Å². The Bertz CT molecular complexity index is 1370. The second kappa shape index (κ2) is 9.85. The van der Waals surface area contributed by atoms with E-state index >= 15 is 0 Å². The van der Waals surface area contributed by atoms with Crippen molar-refractivity contribution in [1.82, 2.24) is 5.32 Å². The summed E-state index contributed by atoms with van der Waals surface area (Å²) < 4.78 is 40.2. The Morgan fingerprint density at radius 1 is 1.06 bits per heavy atom. The lowest BCUT2D eigenvalue weighted by Crippen LogP contribution is -2.45. The summed E-state index contributed by atoms with van der Waals surface area (Å²) in [7, 11) is -2.59. The second-order valence-electron chi connectivity index (χ2n) is 9.72. The molecule has 0 saturated heterocycles. The molecular weight excluding hydrogens is 476 g/mol. The van der Waals surface area contributed by atoms with Crippen LogP contribution in [0.1, 0.15) is 43.0 Å². The van der Waals surface area contributed by atoms with Crippen LogP contribution in [0.5, 0.6) is 11.5 Å². The summed E-state index contributed by atoms with van der Waals surface area (Å²) >= 11 is 0. The third kappa shape index (κ3) is 5.33. The lowest BCUT2D eigenvalue weighted by atomic mass is 9.89. The number of nitrogens with zero attached hydrogens (tertiary/aromatic N) is 1. The first-order valence-corrected chi connectivity index (χ1v) is 13.3. The Kier molecular flexibility index (Phi) is 7.00. The molecule has 190 valence electrons. The molecule has 1 N–H and O–H groups in total. The van der Waals surface area contributed by atoms with Gasteiger partial charge in [0.25, 0.3) is 10.0 Å². The molecule has 0 bridgehead atoms. The summed E-state index contributed by atoms with van der Waals surface area (Å²) in [4.78, 5) is 13.5. The van der Waals surface area contributed by atoms with Gasteiger partial charge in [-0.2, -0.15) is 0 Å². The molecule has 1 aliphatic rings. The highest BCUT2D eigenvalue weighted by Crippen LogP contribution is 2.40. The number of amides is 1. The summed E-state index contributed by atoms with van der Waals surface area (Å²) in [6.07, 6.45) is 0.550. The molecule has 7 nitrogen and oxygen atoms in total. The molecule has 0 aromatic heterocycles. The molecule has 1 amide bonds. The van der Waals surface area contributed by atoms with Crippen LogP contribution < -0.4 is 19.1 Å². The van der Waals surface area contributed by atoms with Gasteiger partial charge in [0.15, 0.2) is 0 Å². The minimum atomic E-state index is -4.06. The van der Waals surface area contributed by atoms with E-state index in [1.807, 2.05) is 45.9 Å². The van der Waals surface area contributed by atoms with Gasteiger partial charge in [-0.3, -0.25) is 9.10 Å². The summed E-state index contributed by atoms with van der Waals surface area (Å²) in [5.74, 6) is 0.650. The van der Waals surface area contributed by atoms with Crippen LogP contribution in [0.4, 0.5) is 5.69 Å². The lowest BCUT2D eigenvalue weighted by molar-refractivity contribution is -0.120. The van der Waals surface area contributed by atoms with E-state index in [0.717, 1.165) is 26.7 Å². The van der Waals surface area contributed by atoms with E-state index in [9.17, 15) is 13.2 Å². The van der Waals surface area contributed by atoms with Gasteiger partial charge in [-0.1, -0.05) is 47.5 Å². The summed E-state index contributed by atoms with van der Waals surface area (Å²) in [5.41, 5.74) is 2.67. The number of hydrogen-bond acceptors (Lipinski definition) is 5. The van der Waals surface area contributed by atoms with E-state index in [2.05, 4.69) is 5.32 Å². The molecule has 4 rings (SSSR count). The van der Waals surface area contributed by atoms with Crippen molar-refractivity contribution >= 4 is 21.6 Å². The molecule has 0 spiro atoms. The van der Waals surface area contributed by atoms with Gasteiger partial charge in [-0.25, -0.2) is 8.42 Å². The second-order valence-corrected chi connectivity index (χ2v) is 11.6. The SMILES string of the molecule is COc1ccccc1N(CC(=O)NC1CC(C)(C)Oc2ccc(C)cc21)S(=O)(=O)c1ccc(C)cc1. The van der Waals surface area contributed by atoms with Gasteiger partial charge in [0.2, 0.25) is 5.91 Å². The zero-order valence-electron chi connectivity index (χ0n) is 21.2. The predicted molar refractivity (Wildman–Crippen MR) is 140 cm³/mol. The van der Waals surface area contributed by atoms with Gasteiger partial charge in [-0.05, 0) is 58.0 Å². The van der Waals surface area contributed by atoms with Crippen LogP contribution in [-0.2, 0) is 14.8 Å². The van der Waals surface area contributed by atoms with Crippen LogP contribution in [-0.4, -0.2) is 33.6 Å². The van der Waals surface area contributed by atoms with Crippen molar-refractivity contribution < 1.29 is 22.7 Å². The number of rotatable bonds is 7. The van der Waals surface area contributed by atoms with Gasteiger partial charge < -0.3 is 14.8 Å². The molecule has 3 aromatic carbocycles. The number of methoxy groups -OCH3 is 1. The van der Waals surface area contributed by atoms with E-state index < -0.39 is 28.1 Å². The Hall–Kier alpha value is -3.52. The molecule has 1 heterocycles. The van der Waals surface area contributed by atoms with Crippen molar-refractivity contribution in [2.24, 2.45) is 0 Å². The van der Waals surface area contributed by atoms with Crippen LogP contribution in [0.2, 0.25) is 0 Å². The fraction of sp³-hybridized carbons (Fsp3) is 0.321. The van der Waals surface area contributed by atoms with Crippen molar-refractivity contribution in [3.8, 4) is 11.5 Å². The fourth-order valence-electron chi connectivity index (χ4n) is 4.45. The number of anilines is 1. The normalized spacial score (nSPS) is 16.4. The van der Waals surface area contributed by atoms with Crippen LogP contribution in [0.25, 0.3) is 0 Å². The number of aryl methyl sites for hydroxylation is 2. The van der Waals surface area contributed by atoms with Crippen LogP contribution in [0.15, 0.2) is 71.6 Å². The molecular formula is C28H32N2O5S. The molecule has 0 saturated carbocycles. The number of carbonyl (C=O) groups excluding carboxylic acids is 1. The van der Waals surface area contributed by atoms with Crippen molar-refractivity contribution in [2.45, 2.75) is 50.7 Å². The van der Waals surface area contributed by atoms with Crippen LogP contribution in [0.3, 0.4) is 0 Å². The number of ether oxygens (including phenoxy) is 2. The van der Waals surface area contributed by atoms with E-state index in [-0.39, 0.29) is 10.9 Å². The third-order valence-electron chi connectivity index (χ3n) is 6.21. The van der Waals surface area contributed by atoms with Crippen molar-refractivity contribution in [2.75, 3.05) is 18.0 Å². The maximum Gasteiger partial charge on any atom is 0.264 e. The molecule has 8 heteroatoms. The number of para-hydroxylation sites is 2. The minimum absolute atomic E-state index is 0.0972. The molecule has 0 radical (unpaired) electrons. The molecule has 0 fully saturated rings. The van der Waals surface area contributed by atoms with Crippen molar-refractivity contribution in [1.29, 1.82) is 0 Å². The largest absolute Gasteiger partial charge is 0.495 e. The highest BCUT2D eigenvalue weighted by atomic mass is 32.2. The van der Waals surface area contributed by atoms with Crippen LogP contribution >= 0.6 is 0 Å². The first-order chi connectivity index (χ1) is 17.0. The number of benzene rings is 3. The number of nitrogens with one attached hydrogen (secondary N) is 1. The summed E-state index contributed by atoms with van der Waals surface area (Å²) in [5, 5.41) is 3.06. The summed E-state index contributed by atoms with van der Waals surface area (Å²) in [6, 6.07) is 18.9. The maximum atomic E-state index is 13.8. The molecule has 1 aliphatic heterocycles. The van der Waals surface area contributed by atoms with E-state index in [4.69, 9.17) is 9.47 Å². The monoisotopic (exact) mass is 508 g/mol. The zero-order valence-corrected chi connectivity index (χ0v) is 22.1. The van der Waals surface area contributed by atoms with E-state index in [0.29, 0.717) is 17.9 Å². The average Bonchev–Trinajstić information content (AvgIpc) is 2.82. The Labute approximate surface area is 213 Å². The number of sulfonamides is 1. The number of carbonyl (C=O) groups is 1. The average molecular weight is 509 g/mol. The van der Waals surface area contributed by atoms with Gasteiger partial charge in [0, 0.05) is 12.0 Å². The van der Waals surface area contributed by atoms with Gasteiger partial charge in [0.05, 0.1) is 23.7 Å². The number of hydrogen-bond donors (Lipinski definition) is 1. The molecule has 1 atom stereocenters. The first-order valence-electron chi connectivity index (χ1n) is 11.8. The number of fused-ring (bicyclic) bond motifs is 1. The maximum absolute atomic E-state index is 13.8. The predicted octanol–water partition coefficient (Wildman–Crippen LogP) is 4.93. The molecule has 3 aromatic rings. The third-order valence-corrected chi connectivity index (χ3v) is 7.98. The van der Waals surface area contributed by atoms with Crippen molar-refractivity contribution in [3.05, 3.63) is 83.4 Å². The smallest absolute Gasteiger partial charge is 0.264 e. The van der Waals surface area contributed by atoms with Gasteiger partial charge in [-0.15, -0.1) is 0 Å². The lowest BCUT2D eigenvalue weighted by Gasteiger charge is -2.38. The topological polar surface area (TPSA) is 84.9 Å².